The van der Waals surface area contributed by atoms with Gasteiger partial charge in [-0.15, -0.1) is 0 Å². The molecule has 0 saturated carbocycles. The van der Waals surface area contributed by atoms with Crippen molar-refractivity contribution in [3.63, 3.8) is 0 Å². The number of hydrogen-bond donors (Lipinski definition) is 0. The zero-order valence-electron chi connectivity index (χ0n) is 24.8. The maximum Gasteiger partial charge on any atom is 0.126 e. The third-order valence-corrected chi connectivity index (χ3v) is 8.33. The van der Waals surface area contributed by atoms with Crippen molar-refractivity contribution < 1.29 is 28.4 Å². The third kappa shape index (κ3) is 5.26. The van der Waals surface area contributed by atoms with Gasteiger partial charge in [-0.3, -0.25) is 0 Å². The Hall–Kier alpha value is -4.32. The molecular formula is C35H38O6. The topological polar surface area (TPSA) is 55.4 Å². The van der Waals surface area contributed by atoms with Crippen LogP contribution in [0.5, 0.6) is 34.5 Å². The maximum atomic E-state index is 6.06. The molecule has 4 aromatic carbocycles. The van der Waals surface area contributed by atoms with Gasteiger partial charge in [0.2, 0.25) is 0 Å². The van der Waals surface area contributed by atoms with Crippen LogP contribution in [0.25, 0.3) is 0 Å². The molecular weight excluding hydrogens is 516 g/mol. The van der Waals surface area contributed by atoms with Gasteiger partial charge >= 0.3 is 0 Å². The smallest absolute Gasteiger partial charge is 0.126 e. The minimum atomic E-state index is -0.0438. The standard InChI is InChI=1S/C35H38O6/c1-21-16-26(38-4)18-31(40-6)33(21)35-29(23-10-14-25(37-3)15-11-23)20-28(22-8-12-24(36-2)13-9-22)34-30(35)17-27(39-5)19-32(34)41-7/h8-19,28-29,35H,20H2,1-7H3/t28-,29?,35?/m1/s1. The van der Waals surface area contributed by atoms with E-state index in [0.717, 1.165) is 63.2 Å². The SMILES string of the molecule is COc1ccc(C2C[C@H](c3ccc(OC)cc3)c3c(OC)cc(OC)cc3C2c2c(C)cc(OC)cc2OC)cc1. The molecule has 0 N–H and O–H groups in total. The Bertz CT molecular complexity index is 1490. The predicted octanol–water partition coefficient (Wildman–Crippen LogP) is 7.50. The van der Waals surface area contributed by atoms with Crippen LogP contribution in [0.1, 0.15) is 57.6 Å². The summed E-state index contributed by atoms with van der Waals surface area (Å²) in [5.74, 6) is 4.91. The van der Waals surface area contributed by atoms with Crippen LogP contribution < -0.4 is 28.4 Å². The fourth-order valence-electron chi connectivity index (χ4n) is 6.36. The van der Waals surface area contributed by atoms with Crippen LogP contribution in [0.15, 0.2) is 72.8 Å². The number of hydrogen-bond acceptors (Lipinski definition) is 6. The van der Waals surface area contributed by atoms with E-state index < -0.39 is 0 Å². The first-order chi connectivity index (χ1) is 20.0. The first-order valence-electron chi connectivity index (χ1n) is 13.7. The normalized spacial score (nSPS) is 17.8. The van der Waals surface area contributed by atoms with Gasteiger partial charge in [0, 0.05) is 35.1 Å². The Kier molecular flexibility index (Phi) is 8.29. The molecule has 0 fully saturated rings. The Balaban J connectivity index is 1.83. The Labute approximate surface area is 242 Å². The van der Waals surface area contributed by atoms with Gasteiger partial charge in [-0.25, -0.2) is 0 Å². The van der Waals surface area contributed by atoms with E-state index in [2.05, 4.69) is 43.3 Å². The van der Waals surface area contributed by atoms with Crippen LogP contribution in [0, 0.1) is 6.92 Å². The van der Waals surface area contributed by atoms with E-state index in [4.69, 9.17) is 28.4 Å². The second-order valence-electron chi connectivity index (χ2n) is 10.3. The summed E-state index contributed by atoms with van der Waals surface area (Å²) in [6, 6.07) is 25.0. The number of rotatable bonds is 9. The van der Waals surface area contributed by atoms with E-state index in [-0.39, 0.29) is 17.8 Å². The van der Waals surface area contributed by atoms with Crippen molar-refractivity contribution in [2.75, 3.05) is 42.7 Å². The van der Waals surface area contributed by atoms with E-state index in [1.54, 1.807) is 42.7 Å². The second kappa shape index (κ2) is 12.0. The predicted molar refractivity (Wildman–Crippen MR) is 161 cm³/mol. The molecule has 6 heteroatoms. The Morgan fingerprint density at radius 3 is 1.51 bits per heavy atom. The lowest BCUT2D eigenvalue weighted by molar-refractivity contribution is 0.369. The molecule has 2 unspecified atom stereocenters. The van der Waals surface area contributed by atoms with Crippen molar-refractivity contribution in [1.82, 2.24) is 0 Å². The lowest BCUT2D eigenvalue weighted by Crippen LogP contribution is -2.26. The molecule has 0 spiro atoms. The van der Waals surface area contributed by atoms with Crippen molar-refractivity contribution in [3.8, 4) is 34.5 Å². The molecule has 0 heterocycles. The monoisotopic (exact) mass is 554 g/mol. The zero-order chi connectivity index (χ0) is 29.1. The van der Waals surface area contributed by atoms with Gasteiger partial charge in [0.15, 0.2) is 0 Å². The number of ether oxygens (including phenoxy) is 6. The van der Waals surface area contributed by atoms with Gasteiger partial charge in [0.25, 0.3) is 0 Å². The molecule has 0 amide bonds. The van der Waals surface area contributed by atoms with Crippen LogP contribution in [-0.2, 0) is 0 Å². The van der Waals surface area contributed by atoms with Gasteiger partial charge in [0.05, 0.1) is 42.7 Å². The van der Waals surface area contributed by atoms with Crippen molar-refractivity contribution >= 4 is 0 Å². The molecule has 6 nitrogen and oxygen atoms in total. The number of methoxy groups -OCH3 is 6. The van der Waals surface area contributed by atoms with E-state index in [1.807, 2.05) is 36.4 Å². The highest BCUT2D eigenvalue weighted by Crippen LogP contribution is 2.57. The van der Waals surface area contributed by atoms with Gasteiger partial charge in [-0.05, 0) is 77.9 Å². The highest BCUT2D eigenvalue weighted by Gasteiger charge is 2.41. The molecule has 1 aliphatic rings. The molecule has 214 valence electrons. The molecule has 1 aliphatic carbocycles. The van der Waals surface area contributed by atoms with Crippen LogP contribution in [-0.4, -0.2) is 42.7 Å². The molecule has 0 aliphatic heterocycles. The van der Waals surface area contributed by atoms with E-state index in [0.29, 0.717) is 0 Å². The van der Waals surface area contributed by atoms with Crippen LogP contribution in [0.2, 0.25) is 0 Å². The second-order valence-corrected chi connectivity index (χ2v) is 10.3. The van der Waals surface area contributed by atoms with Crippen molar-refractivity contribution in [1.29, 1.82) is 0 Å². The summed E-state index contributed by atoms with van der Waals surface area (Å²) >= 11 is 0. The van der Waals surface area contributed by atoms with E-state index in [9.17, 15) is 0 Å². The summed E-state index contributed by atoms with van der Waals surface area (Å²) in [7, 11) is 10.2. The Morgan fingerprint density at radius 1 is 0.512 bits per heavy atom. The average Bonchev–Trinajstić information content (AvgIpc) is 3.03. The number of benzene rings is 4. The highest BCUT2D eigenvalue weighted by molar-refractivity contribution is 5.62. The van der Waals surface area contributed by atoms with Crippen LogP contribution in [0.4, 0.5) is 0 Å². The number of fused-ring (bicyclic) bond motifs is 1. The summed E-state index contributed by atoms with van der Waals surface area (Å²) in [5, 5.41) is 0. The average molecular weight is 555 g/mol. The Morgan fingerprint density at radius 2 is 1.00 bits per heavy atom. The first kappa shape index (κ1) is 28.2. The molecule has 5 rings (SSSR count). The fraction of sp³-hybridized carbons (Fsp3) is 0.314. The maximum absolute atomic E-state index is 6.06. The fourth-order valence-corrected chi connectivity index (χ4v) is 6.36. The molecule has 3 atom stereocenters. The van der Waals surface area contributed by atoms with Gasteiger partial charge in [-0.2, -0.15) is 0 Å². The van der Waals surface area contributed by atoms with Gasteiger partial charge in [-0.1, -0.05) is 24.3 Å². The van der Waals surface area contributed by atoms with Crippen LogP contribution >= 0.6 is 0 Å². The number of aryl methyl sites for hydroxylation is 1. The summed E-state index contributed by atoms with van der Waals surface area (Å²) < 4.78 is 34.5. The zero-order valence-corrected chi connectivity index (χ0v) is 24.8. The summed E-state index contributed by atoms with van der Waals surface area (Å²) in [6.45, 7) is 2.12. The minimum absolute atomic E-state index is 0.0438. The molecule has 0 saturated heterocycles. The van der Waals surface area contributed by atoms with E-state index >= 15 is 0 Å². The highest BCUT2D eigenvalue weighted by atomic mass is 16.5. The molecule has 4 aromatic rings. The van der Waals surface area contributed by atoms with Gasteiger partial charge < -0.3 is 28.4 Å². The van der Waals surface area contributed by atoms with Crippen molar-refractivity contribution in [3.05, 3.63) is 106 Å². The van der Waals surface area contributed by atoms with Crippen molar-refractivity contribution in [2.24, 2.45) is 0 Å². The quantitative estimate of drug-likeness (QED) is 0.214. The largest absolute Gasteiger partial charge is 0.497 e. The third-order valence-electron chi connectivity index (χ3n) is 8.33. The summed E-state index contributed by atoms with van der Waals surface area (Å²) in [5.41, 5.74) is 6.95. The lowest BCUT2D eigenvalue weighted by Gasteiger charge is -2.41. The lowest BCUT2D eigenvalue weighted by atomic mass is 9.63. The first-order valence-corrected chi connectivity index (χ1v) is 13.7. The molecule has 0 aromatic heterocycles. The summed E-state index contributed by atoms with van der Waals surface area (Å²) in [4.78, 5) is 0. The van der Waals surface area contributed by atoms with Crippen LogP contribution in [0.3, 0.4) is 0 Å². The minimum Gasteiger partial charge on any atom is -0.497 e. The summed E-state index contributed by atoms with van der Waals surface area (Å²) in [6.07, 6.45) is 0.855. The molecule has 41 heavy (non-hydrogen) atoms. The molecule has 0 bridgehead atoms. The molecule has 0 radical (unpaired) electrons. The van der Waals surface area contributed by atoms with E-state index in [1.165, 1.54) is 11.1 Å². The van der Waals surface area contributed by atoms with Gasteiger partial charge in [0.1, 0.15) is 34.5 Å². The van der Waals surface area contributed by atoms with Crippen molar-refractivity contribution in [2.45, 2.75) is 31.1 Å².